The fourth-order valence-electron chi connectivity index (χ4n) is 4.77. The minimum Gasteiger partial charge on any atom is -0.379 e. The van der Waals surface area contributed by atoms with Gasteiger partial charge in [0.1, 0.15) is 0 Å². The molecule has 3 fully saturated rings. The number of nitrogens with two attached hydrogens (primary N) is 1. The fourth-order valence-corrected chi connectivity index (χ4v) is 6.20. The molecule has 0 unspecified atom stereocenters. The van der Waals surface area contributed by atoms with E-state index in [9.17, 15) is 18.0 Å². The maximum Gasteiger partial charge on any atom is 0.243 e. The number of benzene rings is 1. The lowest BCUT2D eigenvalue weighted by molar-refractivity contribution is -0.125. The average Bonchev–Trinajstić information content (AvgIpc) is 3.34. The topological polar surface area (TPSA) is 125 Å². The Hall–Kier alpha value is -2.21. The first-order valence-corrected chi connectivity index (χ1v) is 13.1. The van der Waals surface area contributed by atoms with Gasteiger partial charge in [-0.25, -0.2) is 8.42 Å². The molecule has 3 saturated heterocycles. The smallest absolute Gasteiger partial charge is 0.243 e. The first-order chi connectivity index (χ1) is 15.8. The van der Waals surface area contributed by atoms with Gasteiger partial charge in [-0.2, -0.15) is 4.31 Å². The summed E-state index contributed by atoms with van der Waals surface area (Å²) in [5.41, 5.74) is 6.78. The summed E-state index contributed by atoms with van der Waals surface area (Å²) in [6, 6.07) is 4.98. The Morgan fingerprint density at radius 3 is 2.48 bits per heavy atom. The number of carbonyl (C=O) groups excluding carboxylic acids is 2. The normalized spacial score (nSPS) is 22.9. The van der Waals surface area contributed by atoms with Crippen molar-refractivity contribution in [3.63, 3.8) is 0 Å². The molecule has 1 aromatic rings. The van der Waals surface area contributed by atoms with Gasteiger partial charge in [0, 0.05) is 32.7 Å². The van der Waals surface area contributed by atoms with E-state index in [1.54, 1.807) is 18.2 Å². The molecule has 0 radical (unpaired) electrons. The van der Waals surface area contributed by atoms with Crippen LogP contribution in [0.15, 0.2) is 23.1 Å². The van der Waals surface area contributed by atoms with Crippen molar-refractivity contribution in [2.45, 2.75) is 30.6 Å². The molecule has 3 aliphatic heterocycles. The maximum absolute atomic E-state index is 13.2. The Morgan fingerprint density at radius 1 is 1.06 bits per heavy atom. The van der Waals surface area contributed by atoms with Gasteiger partial charge in [0.15, 0.2) is 0 Å². The van der Waals surface area contributed by atoms with Crippen molar-refractivity contribution in [2.24, 2.45) is 11.7 Å². The number of carbonyl (C=O) groups is 2. The lowest BCUT2D eigenvalue weighted by atomic mass is 9.97. The zero-order valence-corrected chi connectivity index (χ0v) is 19.7. The number of likely N-dealkylation sites (tertiary alicyclic amines) is 1. The summed E-state index contributed by atoms with van der Waals surface area (Å²) in [4.78, 5) is 28.7. The summed E-state index contributed by atoms with van der Waals surface area (Å²) in [6.45, 7) is 4.42. The van der Waals surface area contributed by atoms with Crippen molar-refractivity contribution >= 4 is 33.2 Å². The van der Waals surface area contributed by atoms with Crippen LogP contribution in [0.3, 0.4) is 0 Å². The van der Waals surface area contributed by atoms with Crippen LogP contribution in [-0.4, -0.2) is 88.5 Å². The zero-order valence-electron chi connectivity index (χ0n) is 18.9. The molecular weight excluding hydrogens is 446 g/mol. The molecule has 1 aromatic carbocycles. The number of rotatable bonds is 7. The lowest BCUT2D eigenvalue weighted by Gasteiger charge is -2.31. The third-order valence-electron chi connectivity index (χ3n) is 6.57. The molecule has 182 valence electrons. The van der Waals surface area contributed by atoms with E-state index < -0.39 is 10.0 Å². The highest BCUT2D eigenvalue weighted by Gasteiger charge is 2.29. The molecule has 3 N–H and O–H groups in total. The molecular formula is C22H33N5O5S. The molecule has 11 heteroatoms. The molecule has 0 spiro atoms. The van der Waals surface area contributed by atoms with Crippen LogP contribution in [0.5, 0.6) is 0 Å². The summed E-state index contributed by atoms with van der Waals surface area (Å²) in [5, 5.41) is 2.95. The van der Waals surface area contributed by atoms with E-state index in [1.807, 2.05) is 4.90 Å². The van der Waals surface area contributed by atoms with Crippen LogP contribution in [0.2, 0.25) is 0 Å². The second-order valence-corrected chi connectivity index (χ2v) is 10.9. The summed E-state index contributed by atoms with van der Waals surface area (Å²) < 4.78 is 33.0. The maximum atomic E-state index is 13.2. The van der Waals surface area contributed by atoms with E-state index in [2.05, 4.69) is 10.2 Å². The molecule has 10 nitrogen and oxygen atoms in total. The number of amides is 2. The lowest BCUT2D eigenvalue weighted by Crippen LogP contribution is -2.44. The molecule has 0 aliphatic carbocycles. The van der Waals surface area contributed by atoms with Crippen LogP contribution in [0.4, 0.5) is 11.4 Å². The summed E-state index contributed by atoms with van der Waals surface area (Å²) in [7, 11) is -3.68. The number of anilines is 2. The Bertz CT molecular complexity index is 973. The molecule has 2 amide bonds. The first-order valence-electron chi connectivity index (χ1n) is 11.6. The standard InChI is InChI=1S/C22H33N5O5S/c23-22(29)17-4-3-7-25(15-17)16-21(28)24-19-14-18(5-6-20(19)26-8-1-2-9-26)33(30,31)27-10-12-32-13-11-27/h5-6,14,17H,1-4,7-13,15-16H2,(H2,23,29)(H,24,28)/t17-/m1/s1. The number of morpholine rings is 1. The van der Waals surface area contributed by atoms with Gasteiger partial charge in [0.05, 0.1) is 41.9 Å². The van der Waals surface area contributed by atoms with E-state index in [1.165, 1.54) is 4.31 Å². The Morgan fingerprint density at radius 2 is 1.79 bits per heavy atom. The number of nitrogens with one attached hydrogen (secondary N) is 1. The molecule has 33 heavy (non-hydrogen) atoms. The monoisotopic (exact) mass is 479 g/mol. The van der Waals surface area contributed by atoms with Gasteiger partial charge in [-0.05, 0) is 50.4 Å². The predicted molar refractivity (Wildman–Crippen MR) is 124 cm³/mol. The molecule has 4 rings (SSSR count). The largest absolute Gasteiger partial charge is 0.379 e. The Balaban J connectivity index is 1.53. The second kappa shape index (κ2) is 10.4. The van der Waals surface area contributed by atoms with Crippen LogP contribution < -0.4 is 16.0 Å². The van der Waals surface area contributed by atoms with Gasteiger partial charge in [-0.3, -0.25) is 14.5 Å². The molecule has 0 saturated carbocycles. The summed E-state index contributed by atoms with van der Waals surface area (Å²) in [6.07, 6.45) is 3.67. The van der Waals surface area contributed by atoms with Gasteiger partial charge in [0.25, 0.3) is 0 Å². The quantitative estimate of drug-likeness (QED) is 0.581. The third kappa shape index (κ3) is 5.65. The highest BCUT2D eigenvalue weighted by atomic mass is 32.2. The number of sulfonamides is 1. The minimum atomic E-state index is -3.68. The molecule has 1 atom stereocenters. The number of hydrogen-bond donors (Lipinski definition) is 2. The first kappa shape index (κ1) is 23.9. The van der Waals surface area contributed by atoms with E-state index in [0.717, 1.165) is 51.0 Å². The van der Waals surface area contributed by atoms with Crippen molar-refractivity contribution in [3.8, 4) is 0 Å². The van der Waals surface area contributed by atoms with Gasteiger partial charge < -0.3 is 20.7 Å². The van der Waals surface area contributed by atoms with Crippen molar-refractivity contribution in [1.29, 1.82) is 0 Å². The second-order valence-electron chi connectivity index (χ2n) is 8.91. The van der Waals surface area contributed by atoms with Crippen LogP contribution in [0.1, 0.15) is 25.7 Å². The zero-order chi connectivity index (χ0) is 23.4. The van der Waals surface area contributed by atoms with Crippen LogP contribution >= 0.6 is 0 Å². The highest BCUT2D eigenvalue weighted by molar-refractivity contribution is 7.89. The van der Waals surface area contributed by atoms with Crippen molar-refractivity contribution in [2.75, 3.05) is 69.2 Å². The Labute approximate surface area is 195 Å². The molecule has 3 heterocycles. The van der Waals surface area contributed by atoms with Crippen molar-refractivity contribution in [1.82, 2.24) is 9.21 Å². The van der Waals surface area contributed by atoms with Crippen molar-refractivity contribution < 1.29 is 22.7 Å². The van der Waals surface area contributed by atoms with Crippen LogP contribution in [-0.2, 0) is 24.3 Å². The van der Waals surface area contributed by atoms with Gasteiger partial charge in [-0.1, -0.05) is 0 Å². The van der Waals surface area contributed by atoms with E-state index in [-0.39, 0.29) is 29.2 Å². The predicted octanol–water partition coefficient (Wildman–Crippen LogP) is 0.444. The van der Waals surface area contributed by atoms with E-state index >= 15 is 0 Å². The highest BCUT2D eigenvalue weighted by Crippen LogP contribution is 2.32. The Kier molecular flexibility index (Phi) is 7.52. The molecule has 0 bridgehead atoms. The molecule has 0 aromatic heterocycles. The minimum absolute atomic E-state index is 0.129. The van der Waals surface area contributed by atoms with Crippen molar-refractivity contribution in [3.05, 3.63) is 18.2 Å². The summed E-state index contributed by atoms with van der Waals surface area (Å²) >= 11 is 0. The van der Waals surface area contributed by atoms with Crippen LogP contribution in [0, 0.1) is 5.92 Å². The van der Waals surface area contributed by atoms with E-state index in [0.29, 0.717) is 38.5 Å². The number of primary amides is 1. The van der Waals surface area contributed by atoms with E-state index in [4.69, 9.17) is 10.5 Å². The van der Waals surface area contributed by atoms with Crippen LogP contribution in [0.25, 0.3) is 0 Å². The summed E-state index contributed by atoms with van der Waals surface area (Å²) in [5.74, 6) is -0.812. The number of ether oxygens (including phenoxy) is 1. The number of piperidine rings is 1. The van der Waals surface area contributed by atoms with Gasteiger partial charge >= 0.3 is 0 Å². The average molecular weight is 480 g/mol. The van der Waals surface area contributed by atoms with Gasteiger partial charge in [-0.15, -0.1) is 0 Å². The van der Waals surface area contributed by atoms with Gasteiger partial charge in [0.2, 0.25) is 21.8 Å². The third-order valence-corrected chi connectivity index (χ3v) is 8.47. The fraction of sp³-hybridized carbons (Fsp3) is 0.636. The molecule has 3 aliphatic rings. The number of nitrogens with zero attached hydrogens (tertiary/aromatic N) is 3. The number of hydrogen-bond acceptors (Lipinski definition) is 7. The SMILES string of the molecule is NC(=O)[C@@H]1CCCN(CC(=O)Nc2cc(S(=O)(=O)N3CCOCC3)ccc2N2CCCC2)C1.